The Bertz CT molecular complexity index is 499. The molecule has 7 heteroatoms. The van der Waals surface area contributed by atoms with E-state index in [1.807, 2.05) is 18.7 Å². The molecule has 0 aliphatic carbocycles. The Hall–Kier alpha value is -0.660. The maximum Gasteiger partial charge on any atom is 0.241 e. The third-order valence-electron chi connectivity index (χ3n) is 5.20. The zero-order chi connectivity index (χ0) is 17.0. The summed E-state index contributed by atoms with van der Waals surface area (Å²) < 4.78 is 26.4. The van der Waals surface area contributed by atoms with Crippen molar-refractivity contribution in [2.45, 2.75) is 64.5 Å². The third kappa shape index (κ3) is 4.45. The van der Waals surface area contributed by atoms with Crippen molar-refractivity contribution >= 4 is 15.9 Å². The minimum absolute atomic E-state index is 0.00861. The normalized spacial score (nSPS) is 25.7. The van der Waals surface area contributed by atoms with Crippen LogP contribution in [0.25, 0.3) is 0 Å². The first-order chi connectivity index (χ1) is 10.9. The summed E-state index contributed by atoms with van der Waals surface area (Å²) in [5, 5.41) is 0. The quantitative estimate of drug-likeness (QED) is 0.783. The summed E-state index contributed by atoms with van der Waals surface area (Å²) in [5.74, 6) is 0.609. The van der Waals surface area contributed by atoms with Crippen LogP contribution >= 0.6 is 0 Å². The lowest BCUT2D eigenvalue weighted by molar-refractivity contribution is -0.136. The van der Waals surface area contributed by atoms with E-state index < -0.39 is 16.1 Å². The number of carbonyl (C=O) groups is 1. The van der Waals surface area contributed by atoms with Crippen molar-refractivity contribution < 1.29 is 13.2 Å². The van der Waals surface area contributed by atoms with Crippen LogP contribution in [0.3, 0.4) is 0 Å². The Morgan fingerprint density at radius 2 is 1.87 bits per heavy atom. The van der Waals surface area contributed by atoms with Crippen molar-refractivity contribution in [1.29, 1.82) is 0 Å². The number of hydrogen-bond donors (Lipinski definition) is 1. The number of rotatable bonds is 6. The van der Waals surface area contributed by atoms with Gasteiger partial charge in [0.05, 0.1) is 5.75 Å². The highest BCUT2D eigenvalue weighted by molar-refractivity contribution is 7.89. The Kier molecular flexibility index (Phi) is 6.45. The molecule has 2 saturated heterocycles. The molecule has 6 nitrogen and oxygen atoms in total. The fraction of sp³-hybridized carbons (Fsp3) is 0.938. The van der Waals surface area contributed by atoms with Gasteiger partial charge in [-0.2, -0.15) is 4.31 Å². The highest BCUT2D eigenvalue weighted by atomic mass is 32.2. The Labute approximate surface area is 140 Å². The van der Waals surface area contributed by atoms with Gasteiger partial charge in [-0.15, -0.1) is 0 Å². The third-order valence-corrected chi connectivity index (χ3v) is 7.15. The molecule has 2 N–H and O–H groups in total. The molecule has 23 heavy (non-hydrogen) atoms. The first kappa shape index (κ1) is 18.7. The topological polar surface area (TPSA) is 83.7 Å². The zero-order valence-corrected chi connectivity index (χ0v) is 15.2. The Morgan fingerprint density at radius 3 is 2.43 bits per heavy atom. The summed E-state index contributed by atoms with van der Waals surface area (Å²) in [4.78, 5) is 14.6. The van der Waals surface area contributed by atoms with Gasteiger partial charge in [0.15, 0.2) is 0 Å². The second-order valence-electron chi connectivity index (χ2n) is 6.96. The van der Waals surface area contributed by atoms with Crippen LogP contribution in [-0.2, 0) is 14.8 Å². The Morgan fingerprint density at radius 1 is 1.22 bits per heavy atom. The van der Waals surface area contributed by atoms with Gasteiger partial charge in [-0.05, 0) is 44.9 Å². The van der Waals surface area contributed by atoms with Crippen molar-refractivity contribution in [3.63, 3.8) is 0 Å². The minimum Gasteiger partial charge on any atom is -0.341 e. The molecule has 2 aliphatic rings. The molecule has 2 fully saturated rings. The molecule has 134 valence electrons. The lowest BCUT2D eigenvalue weighted by Gasteiger charge is -2.36. The number of hydrogen-bond acceptors (Lipinski definition) is 4. The lowest BCUT2D eigenvalue weighted by atomic mass is 9.90. The summed E-state index contributed by atoms with van der Waals surface area (Å²) in [7, 11) is -3.31. The molecule has 2 unspecified atom stereocenters. The SMILES string of the molecule is CCCCS(=O)(=O)N1CCCC1C(=O)N1CCC(C(C)N)CC1. The molecular formula is C16H31N3O3S. The molecule has 0 saturated carbocycles. The fourth-order valence-corrected chi connectivity index (χ4v) is 5.50. The number of sulfonamides is 1. The van der Waals surface area contributed by atoms with Crippen LogP contribution in [0.5, 0.6) is 0 Å². The van der Waals surface area contributed by atoms with Crippen molar-refractivity contribution in [3.05, 3.63) is 0 Å². The molecule has 0 aromatic carbocycles. The van der Waals surface area contributed by atoms with Gasteiger partial charge in [0.2, 0.25) is 15.9 Å². The zero-order valence-electron chi connectivity index (χ0n) is 14.4. The van der Waals surface area contributed by atoms with Gasteiger partial charge in [0, 0.05) is 25.7 Å². The molecular weight excluding hydrogens is 314 g/mol. The van der Waals surface area contributed by atoms with E-state index in [-0.39, 0.29) is 17.7 Å². The number of amides is 1. The molecule has 0 aromatic heterocycles. The highest BCUT2D eigenvalue weighted by Crippen LogP contribution is 2.26. The number of unbranched alkanes of at least 4 members (excludes halogenated alkanes) is 1. The molecule has 1 amide bonds. The van der Waals surface area contributed by atoms with E-state index in [0.717, 1.165) is 25.7 Å². The van der Waals surface area contributed by atoms with Crippen LogP contribution in [0.15, 0.2) is 0 Å². The van der Waals surface area contributed by atoms with Crippen molar-refractivity contribution in [3.8, 4) is 0 Å². The standard InChI is InChI=1S/C16H31N3O3S/c1-3-4-12-23(21,22)19-9-5-6-15(19)16(20)18-10-7-14(8-11-18)13(2)17/h13-15H,3-12,17H2,1-2H3. The average Bonchev–Trinajstić information content (AvgIpc) is 3.03. The molecule has 0 bridgehead atoms. The van der Waals surface area contributed by atoms with Gasteiger partial charge in [-0.1, -0.05) is 13.3 Å². The van der Waals surface area contributed by atoms with Gasteiger partial charge in [-0.25, -0.2) is 8.42 Å². The van der Waals surface area contributed by atoms with E-state index in [0.29, 0.717) is 38.4 Å². The summed E-state index contributed by atoms with van der Waals surface area (Å²) >= 11 is 0. The molecule has 0 spiro atoms. The number of likely N-dealkylation sites (tertiary alicyclic amines) is 1. The van der Waals surface area contributed by atoms with Crippen LogP contribution in [0.1, 0.15) is 52.4 Å². The first-order valence-corrected chi connectivity index (χ1v) is 10.5. The van der Waals surface area contributed by atoms with E-state index in [1.54, 1.807) is 0 Å². The molecule has 0 radical (unpaired) electrons. The van der Waals surface area contributed by atoms with Gasteiger partial charge < -0.3 is 10.6 Å². The van der Waals surface area contributed by atoms with Crippen molar-refractivity contribution in [2.75, 3.05) is 25.4 Å². The van der Waals surface area contributed by atoms with Gasteiger partial charge in [0.1, 0.15) is 6.04 Å². The van der Waals surface area contributed by atoms with Gasteiger partial charge >= 0.3 is 0 Å². The number of nitrogens with two attached hydrogens (primary N) is 1. The smallest absolute Gasteiger partial charge is 0.241 e. The lowest BCUT2D eigenvalue weighted by Crippen LogP contribution is -2.51. The van der Waals surface area contributed by atoms with Crippen LogP contribution in [0, 0.1) is 5.92 Å². The fourth-order valence-electron chi connectivity index (χ4n) is 3.62. The maximum atomic E-state index is 12.8. The van der Waals surface area contributed by atoms with Crippen molar-refractivity contribution in [2.24, 2.45) is 11.7 Å². The minimum atomic E-state index is -3.31. The van der Waals surface area contributed by atoms with E-state index in [2.05, 4.69) is 0 Å². The second-order valence-corrected chi connectivity index (χ2v) is 9.00. The van der Waals surface area contributed by atoms with Crippen LogP contribution in [-0.4, -0.2) is 61.0 Å². The van der Waals surface area contributed by atoms with Crippen LogP contribution in [0.2, 0.25) is 0 Å². The summed E-state index contributed by atoms with van der Waals surface area (Å²) in [6.07, 6.45) is 4.75. The van der Waals surface area contributed by atoms with E-state index in [1.165, 1.54) is 4.31 Å². The van der Waals surface area contributed by atoms with E-state index in [9.17, 15) is 13.2 Å². The average molecular weight is 346 g/mol. The molecule has 0 aromatic rings. The Balaban J connectivity index is 1.98. The first-order valence-electron chi connectivity index (χ1n) is 8.90. The molecule has 2 rings (SSSR count). The monoisotopic (exact) mass is 345 g/mol. The second kappa shape index (κ2) is 7.94. The number of carbonyl (C=O) groups excluding carboxylic acids is 1. The van der Waals surface area contributed by atoms with Crippen LogP contribution < -0.4 is 5.73 Å². The summed E-state index contributed by atoms with van der Waals surface area (Å²) in [6, 6.07) is -0.326. The molecule has 2 heterocycles. The van der Waals surface area contributed by atoms with Gasteiger partial charge in [-0.3, -0.25) is 4.79 Å². The predicted octanol–water partition coefficient (Wildman–Crippen LogP) is 1.17. The highest BCUT2D eigenvalue weighted by Gasteiger charge is 2.40. The maximum absolute atomic E-state index is 12.8. The molecule has 2 atom stereocenters. The summed E-state index contributed by atoms with van der Waals surface area (Å²) in [6.45, 7) is 5.87. The number of piperidine rings is 1. The van der Waals surface area contributed by atoms with Gasteiger partial charge in [0.25, 0.3) is 0 Å². The summed E-state index contributed by atoms with van der Waals surface area (Å²) in [5.41, 5.74) is 5.95. The predicted molar refractivity (Wildman–Crippen MR) is 91.4 cm³/mol. The van der Waals surface area contributed by atoms with Crippen molar-refractivity contribution in [1.82, 2.24) is 9.21 Å². The van der Waals surface area contributed by atoms with E-state index in [4.69, 9.17) is 5.73 Å². The largest absolute Gasteiger partial charge is 0.341 e. The number of nitrogens with zero attached hydrogens (tertiary/aromatic N) is 2. The molecule has 2 aliphatic heterocycles. The van der Waals surface area contributed by atoms with E-state index >= 15 is 0 Å². The van der Waals surface area contributed by atoms with Crippen LogP contribution in [0.4, 0.5) is 0 Å².